The highest BCUT2D eigenvalue weighted by Gasteiger charge is 2.21. The summed E-state index contributed by atoms with van der Waals surface area (Å²) in [7, 11) is -0.266. The second-order valence-corrected chi connectivity index (χ2v) is 8.87. The Morgan fingerprint density at radius 3 is 2.50 bits per heavy atom. The molecule has 0 fully saturated rings. The van der Waals surface area contributed by atoms with E-state index in [1.165, 1.54) is 10.2 Å². The number of hydrogen-bond acceptors (Lipinski definition) is 5. The molecule has 0 aliphatic rings. The van der Waals surface area contributed by atoms with Gasteiger partial charge in [-0.1, -0.05) is 24.3 Å². The maximum atomic E-state index is 13.3. The molecule has 4 aromatic rings. The molecule has 0 aliphatic heterocycles. The first-order valence-electron chi connectivity index (χ1n) is 9.59. The third kappa shape index (κ3) is 3.81. The molecule has 7 heteroatoms. The van der Waals surface area contributed by atoms with Crippen molar-refractivity contribution in [2.45, 2.75) is 17.9 Å². The summed E-state index contributed by atoms with van der Waals surface area (Å²) in [6.07, 6.45) is 5.33. The van der Waals surface area contributed by atoms with Crippen LogP contribution in [0.4, 0.5) is 0 Å². The summed E-state index contributed by atoms with van der Waals surface area (Å²) in [5.74, 6) is 0.808. The van der Waals surface area contributed by atoms with Gasteiger partial charge < -0.3 is 10.1 Å². The molecule has 0 bridgehead atoms. The van der Waals surface area contributed by atoms with Crippen LogP contribution in [-0.4, -0.2) is 31.5 Å². The first-order valence-corrected chi connectivity index (χ1v) is 11.0. The van der Waals surface area contributed by atoms with E-state index in [-0.39, 0.29) is 4.90 Å². The van der Waals surface area contributed by atoms with Gasteiger partial charge in [-0.2, -0.15) is 0 Å². The largest absolute Gasteiger partial charge is 0.497 e. The third-order valence-corrected chi connectivity index (χ3v) is 6.70. The highest BCUT2D eigenvalue weighted by Crippen LogP contribution is 2.28. The number of benzene rings is 2. The number of fused-ring (bicyclic) bond motifs is 1. The van der Waals surface area contributed by atoms with Crippen LogP contribution in [0.2, 0.25) is 0 Å². The molecule has 30 heavy (non-hydrogen) atoms. The quantitative estimate of drug-likeness (QED) is 0.494. The summed E-state index contributed by atoms with van der Waals surface area (Å²) in [6, 6.07) is 17.1. The maximum absolute atomic E-state index is 13.3. The Morgan fingerprint density at radius 2 is 1.83 bits per heavy atom. The number of hydrogen-bond donors (Lipinski definition) is 1. The highest BCUT2D eigenvalue weighted by atomic mass is 32.2. The van der Waals surface area contributed by atoms with Crippen LogP contribution < -0.4 is 10.1 Å². The first kappa shape index (κ1) is 20.1. The molecule has 0 atom stereocenters. The minimum Gasteiger partial charge on any atom is -0.497 e. The SMILES string of the molecule is CNCc1cn(S(=O)(=O)c2cccnc2)c2cc(Cc3ccc(OC)cc3)ccc12. The van der Waals surface area contributed by atoms with E-state index in [1.54, 1.807) is 31.6 Å². The number of nitrogens with one attached hydrogen (secondary N) is 1. The Morgan fingerprint density at radius 1 is 1.07 bits per heavy atom. The van der Waals surface area contributed by atoms with E-state index in [1.807, 2.05) is 49.5 Å². The average molecular weight is 422 g/mol. The molecule has 2 heterocycles. The van der Waals surface area contributed by atoms with Crippen LogP contribution >= 0.6 is 0 Å². The number of aromatic nitrogens is 2. The van der Waals surface area contributed by atoms with Gasteiger partial charge >= 0.3 is 0 Å². The molecule has 154 valence electrons. The van der Waals surface area contributed by atoms with E-state index in [9.17, 15) is 8.42 Å². The number of ether oxygens (including phenoxy) is 1. The van der Waals surface area contributed by atoms with Crippen LogP contribution in [0.5, 0.6) is 5.75 Å². The fourth-order valence-electron chi connectivity index (χ4n) is 3.54. The van der Waals surface area contributed by atoms with E-state index < -0.39 is 10.0 Å². The Labute approximate surface area is 176 Å². The molecule has 2 aromatic carbocycles. The van der Waals surface area contributed by atoms with Crippen molar-refractivity contribution in [1.29, 1.82) is 0 Å². The molecule has 4 rings (SSSR count). The molecule has 0 spiro atoms. The van der Waals surface area contributed by atoms with Gasteiger partial charge in [0.1, 0.15) is 10.6 Å². The predicted molar refractivity (Wildman–Crippen MR) is 117 cm³/mol. The molecule has 0 radical (unpaired) electrons. The lowest BCUT2D eigenvalue weighted by Gasteiger charge is -2.09. The monoisotopic (exact) mass is 421 g/mol. The van der Waals surface area contributed by atoms with Crippen molar-refractivity contribution in [3.8, 4) is 5.75 Å². The van der Waals surface area contributed by atoms with Gasteiger partial charge in [0.15, 0.2) is 0 Å². The Kier molecular flexibility index (Phi) is 5.57. The van der Waals surface area contributed by atoms with Crippen molar-refractivity contribution < 1.29 is 13.2 Å². The molecule has 0 amide bonds. The average Bonchev–Trinajstić information content (AvgIpc) is 3.14. The summed E-state index contributed by atoms with van der Waals surface area (Å²) in [4.78, 5) is 4.14. The van der Waals surface area contributed by atoms with Gasteiger partial charge in [-0.05, 0) is 60.5 Å². The number of methoxy groups -OCH3 is 1. The topological polar surface area (TPSA) is 73.2 Å². The van der Waals surface area contributed by atoms with Crippen LogP contribution in [0.3, 0.4) is 0 Å². The molecule has 2 aromatic heterocycles. The number of rotatable bonds is 7. The minimum atomic E-state index is -3.75. The van der Waals surface area contributed by atoms with Gasteiger partial charge in [0.05, 0.1) is 12.6 Å². The zero-order valence-corrected chi connectivity index (χ0v) is 17.7. The predicted octanol–water partition coefficient (Wildman–Crippen LogP) is 3.59. The van der Waals surface area contributed by atoms with E-state index >= 15 is 0 Å². The fourth-order valence-corrected chi connectivity index (χ4v) is 4.89. The Hall–Kier alpha value is -3.16. The molecule has 0 aliphatic carbocycles. The summed E-state index contributed by atoms with van der Waals surface area (Å²) in [5, 5.41) is 4.03. The van der Waals surface area contributed by atoms with E-state index in [0.717, 1.165) is 27.8 Å². The molecule has 0 saturated heterocycles. The van der Waals surface area contributed by atoms with Gasteiger partial charge in [0.25, 0.3) is 10.0 Å². The second kappa shape index (κ2) is 8.30. The third-order valence-electron chi connectivity index (χ3n) is 5.04. The molecule has 0 unspecified atom stereocenters. The number of nitrogens with zero attached hydrogens (tertiary/aromatic N) is 2. The summed E-state index contributed by atoms with van der Waals surface area (Å²) < 4.78 is 33.2. The van der Waals surface area contributed by atoms with Crippen molar-refractivity contribution in [2.75, 3.05) is 14.2 Å². The second-order valence-electron chi connectivity index (χ2n) is 7.05. The highest BCUT2D eigenvalue weighted by molar-refractivity contribution is 7.90. The first-order chi connectivity index (χ1) is 14.5. The lowest BCUT2D eigenvalue weighted by atomic mass is 10.0. The zero-order chi connectivity index (χ0) is 21.1. The van der Waals surface area contributed by atoms with Gasteiger partial charge in [-0.25, -0.2) is 12.4 Å². The summed E-state index contributed by atoms with van der Waals surface area (Å²) in [6.45, 7) is 0.573. The molecular formula is C23H23N3O3S. The maximum Gasteiger partial charge on any atom is 0.269 e. The van der Waals surface area contributed by atoms with Crippen LogP contribution in [-0.2, 0) is 23.0 Å². The normalized spacial score (nSPS) is 11.7. The Bertz CT molecular complexity index is 1260. The van der Waals surface area contributed by atoms with Crippen molar-refractivity contribution >= 4 is 20.9 Å². The molecule has 1 N–H and O–H groups in total. The van der Waals surface area contributed by atoms with E-state index in [4.69, 9.17) is 4.74 Å². The van der Waals surface area contributed by atoms with Gasteiger partial charge in [0.2, 0.25) is 0 Å². The minimum absolute atomic E-state index is 0.165. The zero-order valence-electron chi connectivity index (χ0n) is 16.9. The van der Waals surface area contributed by atoms with Gasteiger partial charge in [-0.15, -0.1) is 0 Å². The summed E-state index contributed by atoms with van der Waals surface area (Å²) >= 11 is 0. The van der Waals surface area contributed by atoms with Gasteiger partial charge in [-0.3, -0.25) is 4.98 Å². The van der Waals surface area contributed by atoms with Gasteiger partial charge in [0, 0.05) is 30.5 Å². The van der Waals surface area contributed by atoms with Crippen LogP contribution in [0, 0.1) is 0 Å². The molecule has 6 nitrogen and oxygen atoms in total. The smallest absolute Gasteiger partial charge is 0.269 e. The number of pyridine rings is 1. The van der Waals surface area contributed by atoms with E-state index in [0.29, 0.717) is 18.5 Å². The standard InChI is InChI=1S/C23H23N3O3S/c1-24-14-19-16-26(30(27,28)21-4-3-11-25-15-21)23-13-18(7-10-22(19)23)12-17-5-8-20(29-2)9-6-17/h3-11,13,15-16,24H,12,14H2,1-2H3. The molecular weight excluding hydrogens is 398 g/mol. The van der Waals surface area contributed by atoms with Crippen molar-refractivity contribution in [3.63, 3.8) is 0 Å². The van der Waals surface area contributed by atoms with Crippen molar-refractivity contribution in [1.82, 2.24) is 14.3 Å². The van der Waals surface area contributed by atoms with Crippen LogP contribution in [0.15, 0.2) is 78.1 Å². The lowest BCUT2D eigenvalue weighted by molar-refractivity contribution is 0.414. The fraction of sp³-hybridized carbons (Fsp3) is 0.174. The summed E-state index contributed by atoms with van der Waals surface area (Å²) in [5.41, 5.74) is 3.74. The van der Waals surface area contributed by atoms with E-state index in [2.05, 4.69) is 10.3 Å². The van der Waals surface area contributed by atoms with Crippen molar-refractivity contribution in [3.05, 3.63) is 89.9 Å². The van der Waals surface area contributed by atoms with Crippen LogP contribution in [0.25, 0.3) is 10.9 Å². The Balaban J connectivity index is 1.80. The molecule has 0 saturated carbocycles. The lowest BCUT2D eigenvalue weighted by Crippen LogP contribution is -2.12. The van der Waals surface area contributed by atoms with Crippen LogP contribution in [0.1, 0.15) is 16.7 Å². The van der Waals surface area contributed by atoms with Crippen molar-refractivity contribution in [2.24, 2.45) is 0 Å².